The number of aromatic hydroxyl groups is 1. The molecule has 3 rings (SSSR count). The summed E-state index contributed by atoms with van der Waals surface area (Å²) in [6.07, 6.45) is 0. The van der Waals surface area contributed by atoms with Crippen molar-refractivity contribution in [3.8, 4) is 5.75 Å². The Morgan fingerprint density at radius 1 is 1.27 bits per heavy atom. The molecule has 0 aromatic heterocycles. The molecule has 1 amide bonds. The van der Waals surface area contributed by atoms with Crippen LogP contribution in [0.5, 0.6) is 5.75 Å². The van der Waals surface area contributed by atoms with E-state index in [2.05, 4.69) is 15.3 Å². The van der Waals surface area contributed by atoms with E-state index in [0.29, 0.717) is 5.56 Å². The van der Waals surface area contributed by atoms with Gasteiger partial charge in [-0.25, -0.2) is 13.6 Å². The molecule has 2 aromatic rings. The molecule has 3 N–H and O–H groups in total. The molecule has 0 spiro atoms. The second kappa shape index (κ2) is 7.61. The molecule has 1 atom stereocenters. The third-order valence-corrected chi connectivity index (χ3v) is 5.09. The van der Waals surface area contributed by atoms with Gasteiger partial charge < -0.3 is 5.11 Å². The number of aryl methyl sites for hydroxylation is 1. The number of azo groups is 1. The number of anilines is 1. The molecule has 12 nitrogen and oxygen atoms in total. The van der Waals surface area contributed by atoms with Crippen LogP contribution in [0.1, 0.15) is 12.5 Å². The molecule has 13 heteroatoms. The van der Waals surface area contributed by atoms with E-state index in [0.717, 1.165) is 5.01 Å². The lowest BCUT2D eigenvalue weighted by Gasteiger charge is -2.13. The number of carbonyl (C=O) groups is 1. The number of phenols is 1. The molecule has 1 unspecified atom stereocenters. The number of nitro groups is 1. The molecular formula is C17H16N6O6S. The molecule has 30 heavy (non-hydrogen) atoms. The van der Waals surface area contributed by atoms with Crippen LogP contribution in [-0.4, -0.2) is 36.1 Å². The molecule has 0 bridgehead atoms. The van der Waals surface area contributed by atoms with Gasteiger partial charge in [0.2, 0.25) is 15.8 Å². The molecule has 156 valence electrons. The topological polar surface area (TPSA) is 181 Å². The fraction of sp³-hybridized carbons (Fsp3) is 0.176. The Balaban J connectivity index is 1.92. The first-order valence-electron chi connectivity index (χ1n) is 8.40. The second-order valence-electron chi connectivity index (χ2n) is 6.46. The average Bonchev–Trinajstić information content (AvgIpc) is 2.95. The maximum Gasteiger partial charge on any atom is 0.313 e. The van der Waals surface area contributed by atoms with Gasteiger partial charge in [-0.2, -0.15) is 20.3 Å². The summed E-state index contributed by atoms with van der Waals surface area (Å²) in [5, 5.41) is 38.9. The van der Waals surface area contributed by atoms with Gasteiger partial charge in [-0.05, 0) is 43.7 Å². The van der Waals surface area contributed by atoms with Crippen molar-refractivity contribution in [2.24, 2.45) is 20.5 Å². The van der Waals surface area contributed by atoms with Gasteiger partial charge in [-0.15, -0.1) is 0 Å². The lowest BCUT2D eigenvalue weighted by Crippen LogP contribution is -2.29. The van der Waals surface area contributed by atoms with Gasteiger partial charge in [0.1, 0.15) is 5.69 Å². The van der Waals surface area contributed by atoms with E-state index in [1.54, 1.807) is 6.92 Å². The van der Waals surface area contributed by atoms with Crippen LogP contribution in [0.2, 0.25) is 0 Å². The zero-order valence-corrected chi connectivity index (χ0v) is 16.6. The van der Waals surface area contributed by atoms with E-state index >= 15 is 0 Å². The van der Waals surface area contributed by atoms with Crippen molar-refractivity contribution in [1.29, 1.82) is 0 Å². The fourth-order valence-electron chi connectivity index (χ4n) is 2.74. The van der Waals surface area contributed by atoms with Gasteiger partial charge >= 0.3 is 5.69 Å². The number of hydrogen-bond acceptors (Lipinski definition) is 9. The summed E-state index contributed by atoms with van der Waals surface area (Å²) in [4.78, 5) is 22.8. The Kier molecular flexibility index (Phi) is 5.33. The summed E-state index contributed by atoms with van der Waals surface area (Å²) in [6.45, 7) is 3.10. The van der Waals surface area contributed by atoms with Crippen molar-refractivity contribution in [1.82, 2.24) is 0 Å². The quantitative estimate of drug-likeness (QED) is 0.414. The predicted octanol–water partition coefficient (Wildman–Crippen LogP) is 2.13. The standard InChI is InChI=1S/C17H16N6O6S/c1-9-6-13(16(24)14(7-9)23(26)27)19-20-15-10(2)21-22(17(15)25)11-4-3-5-12(8-11)30(18,28)29/h3-8,15,24H,1-2H3,(H2,18,28,29). The van der Waals surface area contributed by atoms with Crippen molar-refractivity contribution < 1.29 is 23.2 Å². The number of primary sulfonamides is 1. The number of hydrazone groups is 1. The highest BCUT2D eigenvalue weighted by Gasteiger charge is 2.35. The van der Waals surface area contributed by atoms with Crippen molar-refractivity contribution in [2.75, 3.05) is 5.01 Å². The van der Waals surface area contributed by atoms with Crippen LogP contribution in [0.15, 0.2) is 56.6 Å². The van der Waals surface area contributed by atoms with Crippen LogP contribution in [0.3, 0.4) is 0 Å². The molecule has 1 aliphatic heterocycles. The molecule has 0 saturated carbocycles. The number of nitro benzene ring substituents is 1. The summed E-state index contributed by atoms with van der Waals surface area (Å²) >= 11 is 0. The Morgan fingerprint density at radius 3 is 2.60 bits per heavy atom. The largest absolute Gasteiger partial charge is 0.501 e. The van der Waals surface area contributed by atoms with Gasteiger partial charge in [0.25, 0.3) is 5.91 Å². The number of nitrogens with two attached hydrogens (primary N) is 1. The van der Waals surface area contributed by atoms with Gasteiger partial charge in [-0.1, -0.05) is 6.07 Å². The monoisotopic (exact) mass is 432 g/mol. The van der Waals surface area contributed by atoms with Crippen LogP contribution >= 0.6 is 0 Å². The zero-order valence-electron chi connectivity index (χ0n) is 15.8. The third kappa shape index (κ3) is 4.01. The SMILES string of the molecule is CC1=NN(c2cccc(S(N)(=O)=O)c2)C(=O)C1N=Nc1cc(C)cc([N+](=O)[O-])c1O. The predicted molar refractivity (Wildman–Crippen MR) is 106 cm³/mol. The number of amides is 1. The number of benzene rings is 2. The molecule has 1 heterocycles. The highest BCUT2D eigenvalue weighted by molar-refractivity contribution is 7.89. The van der Waals surface area contributed by atoms with Gasteiger partial charge in [0.15, 0.2) is 6.04 Å². The van der Waals surface area contributed by atoms with Crippen LogP contribution < -0.4 is 10.1 Å². The number of hydrogen-bond donors (Lipinski definition) is 2. The minimum Gasteiger partial charge on any atom is -0.501 e. The molecule has 2 aromatic carbocycles. The summed E-state index contributed by atoms with van der Waals surface area (Å²) in [7, 11) is -3.98. The van der Waals surface area contributed by atoms with Gasteiger partial charge in [0, 0.05) is 6.07 Å². The smallest absolute Gasteiger partial charge is 0.313 e. The number of nitrogens with zero attached hydrogens (tertiary/aromatic N) is 5. The van der Waals surface area contributed by atoms with E-state index in [1.807, 2.05) is 0 Å². The number of carbonyl (C=O) groups excluding carboxylic acids is 1. The van der Waals surface area contributed by atoms with Crippen molar-refractivity contribution >= 4 is 38.7 Å². The number of sulfonamides is 1. The number of rotatable bonds is 5. The Bertz CT molecular complexity index is 1220. The first-order valence-corrected chi connectivity index (χ1v) is 9.94. The van der Waals surface area contributed by atoms with E-state index < -0.39 is 38.3 Å². The summed E-state index contributed by atoms with van der Waals surface area (Å²) < 4.78 is 23.1. The first kappa shape index (κ1) is 21.0. The van der Waals surface area contributed by atoms with Crippen molar-refractivity contribution in [2.45, 2.75) is 24.8 Å². The van der Waals surface area contributed by atoms with Crippen LogP contribution in [0.25, 0.3) is 0 Å². The lowest BCUT2D eigenvalue weighted by molar-refractivity contribution is -0.385. The maximum absolute atomic E-state index is 12.7. The minimum absolute atomic E-state index is 0.164. The Labute approximate surface area is 170 Å². The second-order valence-corrected chi connectivity index (χ2v) is 8.02. The molecule has 0 radical (unpaired) electrons. The van der Waals surface area contributed by atoms with Gasteiger partial charge in [-0.3, -0.25) is 14.9 Å². The Hall–Kier alpha value is -3.71. The lowest BCUT2D eigenvalue weighted by atomic mass is 10.2. The molecule has 0 saturated heterocycles. The van der Waals surface area contributed by atoms with Gasteiger partial charge in [0.05, 0.1) is 21.2 Å². The zero-order chi connectivity index (χ0) is 22.2. The molecule has 1 aliphatic rings. The molecular weight excluding hydrogens is 416 g/mol. The van der Waals surface area contributed by atoms with Crippen LogP contribution in [0.4, 0.5) is 17.1 Å². The van der Waals surface area contributed by atoms with E-state index in [-0.39, 0.29) is 22.0 Å². The van der Waals surface area contributed by atoms with Crippen molar-refractivity contribution in [3.05, 3.63) is 52.1 Å². The Morgan fingerprint density at radius 2 is 1.97 bits per heavy atom. The maximum atomic E-state index is 12.7. The third-order valence-electron chi connectivity index (χ3n) is 4.18. The highest BCUT2D eigenvalue weighted by atomic mass is 32.2. The number of phenolic OH excluding ortho intramolecular Hbond substituents is 1. The van der Waals surface area contributed by atoms with Crippen LogP contribution in [0, 0.1) is 17.0 Å². The first-order chi connectivity index (χ1) is 14.0. The summed E-state index contributed by atoms with van der Waals surface area (Å²) in [5.41, 5.74) is 0.188. The summed E-state index contributed by atoms with van der Waals surface area (Å²) in [6, 6.07) is 6.76. The normalized spacial score (nSPS) is 16.9. The van der Waals surface area contributed by atoms with Crippen molar-refractivity contribution in [3.63, 3.8) is 0 Å². The molecule has 0 aliphatic carbocycles. The highest BCUT2D eigenvalue weighted by Crippen LogP contribution is 2.37. The van der Waals surface area contributed by atoms with E-state index in [9.17, 15) is 28.4 Å². The van der Waals surface area contributed by atoms with E-state index in [4.69, 9.17) is 5.14 Å². The fourth-order valence-corrected chi connectivity index (χ4v) is 3.30. The van der Waals surface area contributed by atoms with Crippen LogP contribution in [-0.2, 0) is 14.8 Å². The molecule has 0 fully saturated rings. The van der Waals surface area contributed by atoms with E-state index in [1.165, 1.54) is 43.3 Å². The summed E-state index contributed by atoms with van der Waals surface area (Å²) in [5.74, 6) is -1.29. The minimum atomic E-state index is -3.98. The average molecular weight is 432 g/mol.